The molecule has 0 radical (unpaired) electrons. The summed E-state index contributed by atoms with van der Waals surface area (Å²) in [5.74, 6) is -1.22. The first-order chi connectivity index (χ1) is 14.6. The second kappa shape index (κ2) is 9.39. The van der Waals surface area contributed by atoms with Gasteiger partial charge in [0.1, 0.15) is 17.3 Å². The van der Waals surface area contributed by atoms with Crippen molar-refractivity contribution >= 4 is 33.6 Å². The molecule has 1 fully saturated rings. The smallest absolute Gasteiger partial charge is 0.373 e. The Hall–Kier alpha value is -2.40. The Bertz CT molecular complexity index is 1070. The lowest BCUT2D eigenvalue weighted by molar-refractivity contribution is -0.0440. The molecule has 0 saturated carbocycles. The molecule has 11 heteroatoms. The first-order valence-electron chi connectivity index (χ1n) is 9.41. The number of esters is 2. The van der Waals surface area contributed by atoms with Gasteiger partial charge in [-0.2, -0.15) is 4.31 Å². The van der Waals surface area contributed by atoms with Gasteiger partial charge in [0.15, 0.2) is 0 Å². The van der Waals surface area contributed by atoms with E-state index in [0.717, 1.165) is 0 Å². The number of benzene rings is 1. The number of carbonyl (C=O) groups is 2. The molecule has 1 aromatic carbocycles. The minimum atomic E-state index is -3.95. The van der Waals surface area contributed by atoms with E-state index in [9.17, 15) is 18.0 Å². The van der Waals surface area contributed by atoms with Crippen LogP contribution in [0.5, 0.6) is 0 Å². The normalized spacial score (nSPS) is 19.7. The van der Waals surface area contributed by atoms with Crippen molar-refractivity contribution in [3.8, 4) is 0 Å². The zero-order valence-electron chi connectivity index (χ0n) is 17.2. The topological polar surface area (TPSA) is 112 Å². The Labute approximate surface area is 184 Å². The highest BCUT2D eigenvalue weighted by Crippen LogP contribution is 2.28. The lowest BCUT2D eigenvalue weighted by Crippen LogP contribution is -2.48. The number of methoxy groups -OCH3 is 1. The van der Waals surface area contributed by atoms with Gasteiger partial charge in [-0.25, -0.2) is 18.0 Å². The number of hydrogen-bond donors (Lipinski definition) is 0. The molecule has 2 unspecified atom stereocenters. The van der Waals surface area contributed by atoms with E-state index in [-0.39, 0.29) is 58.9 Å². The van der Waals surface area contributed by atoms with Crippen LogP contribution in [0.15, 0.2) is 39.6 Å². The van der Waals surface area contributed by atoms with Crippen molar-refractivity contribution in [1.29, 1.82) is 0 Å². The summed E-state index contributed by atoms with van der Waals surface area (Å²) < 4.78 is 48.1. The van der Waals surface area contributed by atoms with Gasteiger partial charge >= 0.3 is 11.9 Å². The maximum Gasteiger partial charge on any atom is 0.373 e. The second-order valence-electron chi connectivity index (χ2n) is 7.06. The summed E-state index contributed by atoms with van der Waals surface area (Å²) in [6.07, 6.45) is -0.540. The van der Waals surface area contributed by atoms with Crippen molar-refractivity contribution < 1.29 is 36.6 Å². The highest BCUT2D eigenvalue weighted by molar-refractivity contribution is 7.89. The van der Waals surface area contributed by atoms with E-state index in [1.54, 1.807) is 13.8 Å². The lowest BCUT2D eigenvalue weighted by Gasteiger charge is -2.34. The molecular formula is C20H22ClNO8S. The molecule has 1 aliphatic rings. The molecule has 1 saturated heterocycles. The molecule has 1 aromatic heterocycles. The molecule has 0 bridgehead atoms. The van der Waals surface area contributed by atoms with Crippen molar-refractivity contribution in [2.45, 2.75) is 37.6 Å². The summed E-state index contributed by atoms with van der Waals surface area (Å²) in [7, 11) is -2.73. The van der Waals surface area contributed by atoms with Crippen LogP contribution in [0.1, 0.15) is 40.5 Å². The maximum atomic E-state index is 13.1. The summed E-state index contributed by atoms with van der Waals surface area (Å²) in [6, 6.07) is 6.76. The molecule has 2 atom stereocenters. The van der Waals surface area contributed by atoms with E-state index in [1.165, 1.54) is 41.7 Å². The summed E-state index contributed by atoms with van der Waals surface area (Å²) in [5.41, 5.74) is 0.0112. The fraction of sp³-hybridized carbons (Fsp3) is 0.400. The van der Waals surface area contributed by atoms with Crippen LogP contribution in [0.3, 0.4) is 0 Å². The third-order valence-electron chi connectivity index (χ3n) is 4.56. The van der Waals surface area contributed by atoms with E-state index in [4.69, 9.17) is 25.5 Å². The van der Waals surface area contributed by atoms with E-state index in [0.29, 0.717) is 0 Å². The number of ether oxygens (including phenoxy) is 3. The number of halogens is 1. The number of sulfonamides is 1. The molecule has 0 N–H and O–H groups in total. The molecule has 2 heterocycles. The minimum Gasteiger partial charge on any atom is -0.463 e. The highest BCUT2D eigenvalue weighted by atomic mass is 35.5. The molecule has 31 heavy (non-hydrogen) atoms. The van der Waals surface area contributed by atoms with Crippen LogP contribution in [-0.4, -0.2) is 57.1 Å². The van der Waals surface area contributed by atoms with Crippen LogP contribution in [-0.2, 0) is 30.8 Å². The van der Waals surface area contributed by atoms with Crippen molar-refractivity contribution in [2.24, 2.45) is 0 Å². The third-order valence-corrected chi connectivity index (χ3v) is 6.88. The molecule has 1 aliphatic heterocycles. The van der Waals surface area contributed by atoms with Gasteiger partial charge < -0.3 is 18.6 Å². The van der Waals surface area contributed by atoms with Gasteiger partial charge in [0.25, 0.3) is 0 Å². The number of nitrogens with zero attached hydrogens (tertiary/aromatic N) is 1. The van der Waals surface area contributed by atoms with Crippen LogP contribution in [0.25, 0.3) is 0 Å². The van der Waals surface area contributed by atoms with Crippen LogP contribution in [0.4, 0.5) is 0 Å². The molecule has 3 rings (SSSR count). The first-order valence-corrected chi connectivity index (χ1v) is 11.2. The van der Waals surface area contributed by atoms with E-state index < -0.39 is 22.0 Å². The Morgan fingerprint density at radius 2 is 1.81 bits per heavy atom. The van der Waals surface area contributed by atoms with Crippen molar-refractivity contribution in [3.05, 3.63) is 52.4 Å². The van der Waals surface area contributed by atoms with E-state index in [1.807, 2.05) is 0 Å². The van der Waals surface area contributed by atoms with Crippen molar-refractivity contribution in [3.63, 3.8) is 0 Å². The van der Waals surface area contributed by atoms with Gasteiger partial charge in [0, 0.05) is 13.1 Å². The average molecular weight is 472 g/mol. The quantitative estimate of drug-likeness (QED) is 0.591. The minimum absolute atomic E-state index is 0.00268. The summed E-state index contributed by atoms with van der Waals surface area (Å²) >= 11 is 6.15. The van der Waals surface area contributed by atoms with E-state index in [2.05, 4.69) is 4.74 Å². The average Bonchev–Trinajstić information content (AvgIpc) is 3.20. The Kier molecular flexibility index (Phi) is 7.05. The zero-order valence-corrected chi connectivity index (χ0v) is 18.7. The Morgan fingerprint density at radius 3 is 2.45 bits per heavy atom. The molecule has 9 nitrogen and oxygen atoms in total. The summed E-state index contributed by atoms with van der Waals surface area (Å²) in [4.78, 5) is 23.7. The highest BCUT2D eigenvalue weighted by Gasteiger charge is 2.34. The predicted octanol–water partition coefficient (Wildman–Crippen LogP) is 2.87. The fourth-order valence-corrected chi connectivity index (χ4v) is 5.27. The van der Waals surface area contributed by atoms with Gasteiger partial charge in [0.2, 0.25) is 15.8 Å². The van der Waals surface area contributed by atoms with Crippen molar-refractivity contribution in [2.75, 3.05) is 20.2 Å². The van der Waals surface area contributed by atoms with E-state index >= 15 is 0 Å². The number of furan rings is 1. The molecule has 0 amide bonds. The lowest BCUT2D eigenvalue weighted by atomic mass is 10.2. The molecule has 2 aromatic rings. The first kappa shape index (κ1) is 23.3. The molecule has 0 aliphatic carbocycles. The third kappa shape index (κ3) is 5.27. The largest absolute Gasteiger partial charge is 0.463 e. The summed E-state index contributed by atoms with van der Waals surface area (Å²) in [5, 5.41) is -0.00268. The summed E-state index contributed by atoms with van der Waals surface area (Å²) in [6.45, 7) is 3.68. The number of morpholine rings is 1. The second-order valence-corrected chi connectivity index (χ2v) is 9.37. The molecular weight excluding hydrogens is 450 g/mol. The van der Waals surface area contributed by atoms with Crippen LogP contribution in [0.2, 0.25) is 5.02 Å². The van der Waals surface area contributed by atoms with Crippen LogP contribution in [0, 0.1) is 0 Å². The number of rotatable bonds is 6. The SMILES string of the molecule is COC(=O)c1ccc(COC(=O)c2ccc(Cl)c(S(=O)(=O)N3CC(C)OC(C)C3)c2)o1. The number of carbonyl (C=O) groups excluding carboxylic acids is 2. The number of hydrogen-bond acceptors (Lipinski definition) is 8. The van der Waals surface area contributed by atoms with Gasteiger partial charge in [-0.1, -0.05) is 11.6 Å². The van der Waals surface area contributed by atoms with Crippen molar-refractivity contribution in [1.82, 2.24) is 4.31 Å². The molecule has 168 valence electrons. The van der Waals surface area contributed by atoms with Gasteiger partial charge in [0.05, 0.1) is 29.9 Å². The predicted molar refractivity (Wildman–Crippen MR) is 109 cm³/mol. The zero-order chi connectivity index (χ0) is 22.8. The maximum absolute atomic E-state index is 13.1. The Morgan fingerprint density at radius 1 is 1.13 bits per heavy atom. The monoisotopic (exact) mass is 471 g/mol. The van der Waals surface area contributed by atoms with Crippen LogP contribution >= 0.6 is 11.6 Å². The Balaban J connectivity index is 1.76. The standard InChI is InChI=1S/C20H22ClNO8S/c1-12-9-22(10-13(2)29-12)31(25,26)18-8-14(4-6-16(18)21)19(23)28-11-15-5-7-17(30-15)20(24)27-3/h4-8,12-13H,9-11H2,1-3H3. The fourth-order valence-electron chi connectivity index (χ4n) is 3.18. The van der Waals surface area contributed by atoms with Gasteiger partial charge in [-0.05, 0) is 44.2 Å². The molecule has 0 spiro atoms. The van der Waals surface area contributed by atoms with Gasteiger partial charge in [-0.3, -0.25) is 0 Å². The van der Waals surface area contributed by atoms with Gasteiger partial charge in [-0.15, -0.1) is 0 Å². The van der Waals surface area contributed by atoms with Crippen LogP contribution < -0.4 is 0 Å².